The van der Waals surface area contributed by atoms with Gasteiger partial charge in [-0.3, -0.25) is 4.90 Å². The Kier molecular flexibility index (Phi) is 5.65. The fraction of sp³-hybridized carbons (Fsp3) is 0.500. The van der Waals surface area contributed by atoms with Crippen molar-refractivity contribution in [2.45, 2.75) is 26.8 Å². The number of aromatic nitrogens is 1. The lowest BCUT2D eigenvalue weighted by Crippen LogP contribution is -2.37. The van der Waals surface area contributed by atoms with E-state index >= 15 is 0 Å². The molecule has 0 aliphatic carbocycles. The maximum absolute atomic E-state index is 5.39. The van der Waals surface area contributed by atoms with Crippen LogP contribution in [0.15, 0.2) is 24.3 Å². The first-order chi connectivity index (χ1) is 11.2. The first-order valence-electron chi connectivity index (χ1n) is 8.26. The molecule has 124 valence electrons. The zero-order valence-corrected chi connectivity index (χ0v) is 14.8. The molecule has 0 bridgehead atoms. The number of rotatable bonds is 6. The van der Waals surface area contributed by atoms with Crippen molar-refractivity contribution in [3.8, 4) is 0 Å². The van der Waals surface area contributed by atoms with Crippen LogP contribution < -0.4 is 5.32 Å². The van der Waals surface area contributed by atoms with E-state index in [0.717, 1.165) is 56.5 Å². The van der Waals surface area contributed by atoms with Gasteiger partial charge in [-0.2, -0.15) is 0 Å². The van der Waals surface area contributed by atoms with Gasteiger partial charge in [0.25, 0.3) is 0 Å². The maximum Gasteiger partial charge on any atom is 0.0900 e. The minimum Gasteiger partial charge on any atom is -0.380 e. The molecule has 1 aliphatic heterocycles. The van der Waals surface area contributed by atoms with Crippen molar-refractivity contribution in [3.63, 3.8) is 0 Å². The van der Waals surface area contributed by atoms with Crippen molar-refractivity contribution in [2.75, 3.05) is 38.2 Å². The van der Waals surface area contributed by atoms with Gasteiger partial charge in [-0.25, -0.2) is 4.98 Å². The minimum absolute atomic E-state index is 0.852. The van der Waals surface area contributed by atoms with Crippen molar-refractivity contribution in [3.05, 3.63) is 45.4 Å². The molecule has 0 spiro atoms. The topological polar surface area (TPSA) is 37.4 Å². The molecule has 0 amide bonds. The Balaban J connectivity index is 1.47. The van der Waals surface area contributed by atoms with E-state index in [0.29, 0.717) is 0 Å². The van der Waals surface area contributed by atoms with Crippen LogP contribution in [0.25, 0.3) is 0 Å². The highest BCUT2D eigenvalue weighted by atomic mass is 32.1. The van der Waals surface area contributed by atoms with Gasteiger partial charge >= 0.3 is 0 Å². The van der Waals surface area contributed by atoms with Crippen LogP contribution in [0.5, 0.6) is 0 Å². The summed E-state index contributed by atoms with van der Waals surface area (Å²) in [6, 6.07) is 8.82. The molecular formula is C18H25N3OS. The smallest absolute Gasteiger partial charge is 0.0900 e. The number of hydrogen-bond donors (Lipinski definition) is 1. The Bertz CT molecular complexity index is 618. The van der Waals surface area contributed by atoms with E-state index in [2.05, 4.69) is 53.3 Å². The second-order valence-electron chi connectivity index (χ2n) is 6.00. The second kappa shape index (κ2) is 7.90. The average Bonchev–Trinajstić information content (AvgIpc) is 2.90. The predicted octanol–water partition coefficient (Wildman–Crippen LogP) is 3.25. The van der Waals surface area contributed by atoms with E-state index in [1.54, 1.807) is 11.3 Å². The summed E-state index contributed by atoms with van der Waals surface area (Å²) >= 11 is 1.77. The van der Waals surface area contributed by atoms with Crippen LogP contribution in [0.4, 0.5) is 5.69 Å². The lowest BCUT2D eigenvalue weighted by molar-refractivity contribution is 0.0384. The molecule has 4 nitrogen and oxygen atoms in total. The molecule has 1 aromatic heterocycles. The van der Waals surface area contributed by atoms with Crippen molar-refractivity contribution >= 4 is 17.0 Å². The fourth-order valence-corrected chi connectivity index (χ4v) is 3.70. The molecule has 2 aromatic rings. The van der Waals surface area contributed by atoms with Crippen LogP contribution in [-0.4, -0.2) is 42.7 Å². The molecule has 1 aromatic carbocycles. The van der Waals surface area contributed by atoms with Crippen molar-refractivity contribution in [1.29, 1.82) is 0 Å². The summed E-state index contributed by atoms with van der Waals surface area (Å²) in [6.07, 6.45) is 1.10. The molecule has 5 heteroatoms. The van der Waals surface area contributed by atoms with E-state index in [1.165, 1.54) is 16.1 Å². The highest BCUT2D eigenvalue weighted by Crippen LogP contribution is 2.19. The molecule has 1 aliphatic rings. The highest BCUT2D eigenvalue weighted by Gasteiger charge is 2.09. The van der Waals surface area contributed by atoms with Gasteiger partial charge in [-0.15, -0.1) is 11.3 Å². The summed E-state index contributed by atoms with van der Waals surface area (Å²) in [4.78, 5) is 8.27. The van der Waals surface area contributed by atoms with Gasteiger partial charge in [0.15, 0.2) is 0 Å². The zero-order valence-electron chi connectivity index (χ0n) is 14.0. The zero-order chi connectivity index (χ0) is 16.1. The van der Waals surface area contributed by atoms with Crippen LogP contribution in [0.1, 0.15) is 21.1 Å². The van der Waals surface area contributed by atoms with Gasteiger partial charge in [-0.1, -0.05) is 12.1 Å². The SMILES string of the molecule is Cc1nc(C)c(CNc2ccc(CCN3CCOCC3)cc2)s1. The molecule has 0 atom stereocenters. The lowest BCUT2D eigenvalue weighted by atomic mass is 10.1. The van der Waals surface area contributed by atoms with Gasteiger partial charge in [0.05, 0.1) is 30.5 Å². The number of anilines is 1. The van der Waals surface area contributed by atoms with Crippen LogP contribution in [-0.2, 0) is 17.7 Å². The average molecular weight is 331 g/mol. The summed E-state index contributed by atoms with van der Waals surface area (Å²) in [5.74, 6) is 0. The molecule has 23 heavy (non-hydrogen) atoms. The summed E-state index contributed by atoms with van der Waals surface area (Å²) in [7, 11) is 0. The molecule has 3 rings (SSSR count). The Morgan fingerprint density at radius 3 is 2.57 bits per heavy atom. The molecule has 0 saturated carbocycles. The first-order valence-corrected chi connectivity index (χ1v) is 9.08. The predicted molar refractivity (Wildman–Crippen MR) is 96.3 cm³/mol. The van der Waals surface area contributed by atoms with Gasteiger partial charge in [0, 0.05) is 30.2 Å². The second-order valence-corrected chi connectivity index (χ2v) is 7.28. The van der Waals surface area contributed by atoms with Gasteiger partial charge in [0.1, 0.15) is 0 Å². The summed E-state index contributed by atoms with van der Waals surface area (Å²) in [5, 5.41) is 4.63. The van der Waals surface area contributed by atoms with Crippen molar-refractivity contribution in [1.82, 2.24) is 9.88 Å². The Labute approximate surface area is 142 Å². The normalized spacial score (nSPS) is 15.7. The molecule has 1 fully saturated rings. The van der Waals surface area contributed by atoms with Gasteiger partial charge in [0.2, 0.25) is 0 Å². The van der Waals surface area contributed by atoms with Crippen LogP contribution in [0.3, 0.4) is 0 Å². The largest absolute Gasteiger partial charge is 0.380 e. The Morgan fingerprint density at radius 1 is 1.17 bits per heavy atom. The number of benzene rings is 1. The van der Waals surface area contributed by atoms with E-state index in [-0.39, 0.29) is 0 Å². The van der Waals surface area contributed by atoms with Gasteiger partial charge in [-0.05, 0) is 38.0 Å². The van der Waals surface area contributed by atoms with Crippen molar-refractivity contribution in [2.24, 2.45) is 0 Å². The van der Waals surface area contributed by atoms with E-state index in [9.17, 15) is 0 Å². The third kappa shape index (κ3) is 4.77. The number of aryl methyl sites for hydroxylation is 2. The van der Waals surface area contributed by atoms with Crippen LogP contribution >= 0.6 is 11.3 Å². The third-order valence-corrected chi connectivity index (χ3v) is 5.30. The number of morpholine rings is 1. The number of hydrogen-bond acceptors (Lipinski definition) is 5. The molecule has 0 unspecified atom stereocenters. The molecule has 0 radical (unpaired) electrons. The monoisotopic (exact) mass is 331 g/mol. The highest BCUT2D eigenvalue weighted by molar-refractivity contribution is 7.11. The third-order valence-electron chi connectivity index (χ3n) is 4.23. The van der Waals surface area contributed by atoms with Crippen LogP contribution in [0.2, 0.25) is 0 Å². The molecule has 1 N–H and O–H groups in total. The minimum atomic E-state index is 0.852. The van der Waals surface area contributed by atoms with E-state index < -0.39 is 0 Å². The molecule has 1 saturated heterocycles. The number of nitrogens with one attached hydrogen (secondary N) is 1. The lowest BCUT2D eigenvalue weighted by Gasteiger charge is -2.26. The number of nitrogens with zero attached hydrogens (tertiary/aromatic N) is 2. The maximum atomic E-state index is 5.39. The number of ether oxygens (including phenoxy) is 1. The Morgan fingerprint density at radius 2 is 1.91 bits per heavy atom. The molecular weight excluding hydrogens is 306 g/mol. The van der Waals surface area contributed by atoms with Gasteiger partial charge < -0.3 is 10.1 Å². The van der Waals surface area contributed by atoms with E-state index in [4.69, 9.17) is 4.74 Å². The molecule has 2 heterocycles. The number of thiazole rings is 1. The summed E-state index contributed by atoms with van der Waals surface area (Å²) in [6.45, 7) is 9.98. The fourth-order valence-electron chi connectivity index (χ4n) is 2.82. The summed E-state index contributed by atoms with van der Waals surface area (Å²) < 4.78 is 5.39. The quantitative estimate of drug-likeness (QED) is 0.882. The summed E-state index contributed by atoms with van der Waals surface area (Å²) in [5.41, 5.74) is 3.71. The van der Waals surface area contributed by atoms with E-state index in [1.807, 2.05) is 0 Å². The van der Waals surface area contributed by atoms with Crippen molar-refractivity contribution < 1.29 is 4.74 Å². The first kappa shape index (κ1) is 16.4. The Hall–Kier alpha value is -1.43. The van der Waals surface area contributed by atoms with Crippen LogP contribution in [0, 0.1) is 13.8 Å². The standard InChI is InChI=1S/C18H25N3OS/c1-14-18(23-15(2)20-14)13-19-17-5-3-16(4-6-17)7-8-21-9-11-22-12-10-21/h3-6,19H,7-13H2,1-2H3.